The summed E-state index contributed by atoms with van der Waals surface area (Å²) in [5.41, 5.74) is 0.972. The van der Waals surface area contributed by atoms with Gasteiger partial charge in [-0.25, -0.2) is 9.59 Å². The lowest BCUT2D eigenvalue weighted by Crippen LogP contribution is -2.48. The second kappa shape index (κ2) is 11.4. The Balaban J connectivity index is 1.89. The fraction of sp³-hybridized carbons (Fsp3) is 0.571. The standard InChI is InChI=1S/C21H30N2O6/c1-4-28-13-16-12-15(10-11-18(16)27-3)20(25)29-14(2)19(24)23-21(26)22-17-8-6-5-7-9-17/h10-12,14,17H,4-9,13H2,1-3H3,(H2,22,23,24,26)/t14-/m0/s1. The Morgan fingerprint density at radius 2 is 1.90 bits per heavy atom. The molecule has 0 saturated heterocycles. The number of amides is 3. The highest BCUT2D eigenvalue weighted by atomic mass is 16.5. The zero-order valence-corrected chi connectivity index (χ0v) is 17.3. The number of benzene rings is 1. The number of carbonyl (C=O) groups is 3. The molecule has 8 nitrogen and oxygen atoms in total. The molecule has 0 unspecified atom stereocenters. The molecule has 2 N–H and O–H groups in total. The van der Waals surface area contributed by atoms with Crippen LogP contribution >= 0.6 is 0 Å². The van der Waals surface area contributed by atoms with Crippen molar-refractivity contribution in [2.75, 3.05) is 13.7 Å². The summed E-state index contributed by atoms with van der Waals surface area (Å²) in [6, 6.07) is 4.33. The van der Waals surface area contributed by atoms with Crippen LogP contribution in [0.5, 0.6) is 5.75 Å². The van der Waals surface area contributed by atoms with Crippen molar-refractivity contribution in [1.82, 2.24) is 10.6 Å². The molecule has 1 saturated carbocycles. The first kappa shape index (κ1) is 22.7. The molecule has 0 radical (unpaired) electrons. The molecule has 160 valence electrons. The zero-order valence-electron chi connectivity index (χ0n) is 17.3. The van der Waals surface area contributed by atoms with Gasteiger partial charge in [-0.2, -0.15) is 0 Å². The van der Waals surface area contributed by atoms with Gasteiger partial charge in [0.25, 0.3) is 5.91 Å². The highest BCUT2D eigenvalue weighted by Crippen LogP contribution is 2.22. The van der Waals surface area contributed by atoms with Crippen LogP contribution in [0.1, 0.15) is 61.9 Å². The van der Waals surface area contributed by atoms with Crippen LogP contribution in [0.2, 0.25) is 0 Å². The van der Waals surface area contributed by atoms with Crippen molar-refractivity contribution < 1.29 is 28.6 Å². The predicted octanol–water partition coefficient (Wildman–Crippen LogP) is 2.94. The van der Waals surface area contributed by atoms with E-state index in [-0.39, 0.29) is 18.2 Å². The van der Waals surface area contributed by atoms with Crippen molar-refractivity contribution >= 4 is 17.9 Å². The highest BCUT2D eigenvalue weighted by molar-refractivity contribution is 5.98. The van der Waals surface area contributed by atoms with Gasteiger partial charge in [-0.1, -0.05) is 19.3 Å². The first-order valence-electron chi connectivity index (χ1n) is 10.0. The smallest absolute Gasteiger partial charge is 0.338 e. The van der Waals surface area contributed by atoms with Crippen molar-refractivity contribution in [3.05, 3.63) is 29.3 Å². The topological polar surface area (TPSA) is 103 Å². The number of imide groups is 1. The van der Waals surface area contributed by atoms with E-state index in [0.717, 1.165) is 25.7 Å². The minimum Gasteiger partial charge on any atom is -0.496 e. The Kier molecular flexibility index (Phi) is 8.92. The molecule has 0 bridgehead atoms. The minimum atomic E-state index is -1.11. The molecule has 1 aromatic rings. The maximum atomic E-state index is 12.4. The minimum absolute atomic E-state index is 0.0810. The van der Waals surface area contributed by atoms with Crippen molar-refractivity contribution in [2.45, 2.75) is 64.7 Å². The van der Waals surface area contributed by atoms with E-state index in [1.165, 1.54) is 20.5 Å². The molecule has 1 atom stereocenters. The molecule has 0 spiro atoms. The van der Waals surface area contributed by atoms with E-state index in [2.05, 4.69) is 10.6 Å². The zero-order chi connectivity index (χ0) is 21.2. The second-order valence-corrected chi connectivity index (χ2v) is 7.01. The van der Waals surface area contributed by atoms with Gasteiger partial charge in [0.2, 0.25) is 0 Å². The number of rotatable bonds is 8. The molecular formula is C21H30N2O6. The van der Waals surface area contributed by atoms with Crippen LogP contribution in [0.3, 0.4) is 0 Å². The molecule has 29 heavy (non-hydrogen) atoms. The van der Waals surface area contributed by atoms with Gasteiger partial charge in [-0.05, 0) is 44.9 Å². The normalized spacial score (nSPS) is 15.3. The molecule has 0 aromatic heterocycles. The van der Waals surface area contributed by atoms with E-state index in [1.54, 1.807) is 18.2 Å². The van der Waals surface area contributed by atoms with Crippen LogP contribution in [-0.4, -0.2) is 43.8 Å². The fourth-order valence-corrected chi connectivity index (χ4v) is 3.19. The van der Waals surface area contributed by atoms with Gasteiger partial charge in [0.1, 0.15) is 5.75 Å². The van der Waals surface area contributed by atoms with Gasteiger partial charge < -0.3 is 19.5 Å². The van der Waals surface area contributed by atoms with Gasteiger partial charge in [-0.15, -0.1) is 0 Å². The third-order valence-corrected chi connectivity index (χ3v) is 4.81. The summed E-state index contributed by atoms with van der Waals surface area (Å²) in [6.07, 6.45) is 4.02. The Morgan fingerprint density at radius 1 is 1.17 bits per heavy atom. The van der Waals surface area contributed by atoms with Crippen molar-refractivity contribution in [1.29, 1.82) is 0 Å². The lowest BCUT2D eigenvalue weighted by molar-refractivity contribution is -0.127. The summed E-state index contributed by atoms with van der Waals surface area (Å²) in [5.74, 6) is -0.740. The molecule has 1 aliphatic rings. The van der Waals surface area contributed by atoms with Gasteiger partial charge in [0.15, 0.2) is 6.10 Å². The summed E-state index contributed by atoms with van der Waals surface area (Å²) in [6.45, 7) is 4.11. The third kappa shape index (κ3) is 7.05. The molecular weight excluding hydrogens is 376 g/mol. The van der Waals surface area contributed by atoms with Crippen LogP contribution < -0.4 is 15.4 Å². The Hall–Kier alpha value is -2.61. The second-order valence-electron chi connectivity index (χ2n) is 7.01. The van der Waals surface area contributed by atoms with Crippen molar-refractivity contribution in [2.24, 2.45) is 0 Å². The van der Waals surface area contributed by atoms with E-state index in [4.69, 9.17) is 14.2 Å². The number of hydrogen-bond acceptors (Lipinski definition) is 6. The third-order valence-electron chi connectivity index (χ3n) is 4.81. The summed E-state index contributed by atoms with van der Waals surface area (Å²) >= 11 is 0. The maximum Gasteiger partial charge on any atom is 0.338 e. The fourth-order valence-electron chi connectivity index (χ4n) is 3.19. The van der Waals surface area contributed by atoms with Gasteiger partial charge in [0.05, 0.1) is 19.3 Å². The Morgan fingerprint density at radius 3 is 2.55 bits per heavy atom. The van der Waals surface area contributed by atoms with E-state index >= 15 is 0 Å². The van der Waals surface area contributed by atoms with Crippen molar-refractivity contribution in [3.63, 3.8) is 0 Å². The first-order valence-corrected chi connectivity index (χ1v) is 10.0. The molecule has 0 aliphatic heterocycles. The van der Waals surface area contributed by atoms with Gasteiger partial charge in [0, 0.05) is 18.2 Å². The van der Waals surface area contributed by atoms with Crippen LogP contribution in [0.15, 0.2) is 18.2 Å². The van der Waals surface area contributed by atoms with E-state index in [0.29, 0.717) is 17.9 Å². The lowest BCUT2D eigenvalue weighted by atomic mass is 9.96. The quantitative estimate of drug-likeness (QED) is 0.644. The van der Waals surface area contributed by atoms with E-state index < -0.39 is 24.0 Å². The first-order chi connectivity index (χ1) is 13.9. The van der Waals surface area contributed by atoms with E-state index in [9.17, 15) is 14.4 Å². The monoisotopic (exact) mass is 406 g/mol. The lowest BCUT2D eigenvalue weighted by Gasteiger charge is -2.23. The molecule has 1 aromatic carbocycles. The average molecular weight is 406 g/mol. The molecule has 1 fully saturated rings. The SMILES string of the molecule is CCOCc1cc(C(=O)O[C@@H](C)C(=O)NC(=O)NC2CCCCC2)ccc1OC. The van der Waals surface area contributed by atoms with Crippen LogP contribution in [0.4, 0.5) is 4.79 Å². The summed E-state index contributed by atoms with van der Waals surface area (Å²) in [5, 5.41) is 5.03. The van der Waals surface area contributed by atoms with Gasteiger partial charge in [-0.3, -0.25) is 10.1 Å². The number of ether oxygens (including phenoxy) is 3. The summed E-state index contributed by atoms with van der Waals surface area (Å²) in [4.78, 5) is 36.6. The van der Waals surface area contributed by atoms with Gasteiger partial charge >= 0.3 is 12.0 Å². The van der Waals surface area contributed by atoms with Crippen LogP contribution in [0, 0.1) is 0 Å². The average Bonchev–Trinajstić information content (AvgIpc) is 2.72. The number of esters is 1. The number of methoxy groups -OCH3 is 1. The van der Waals surface area contributed by atoms with Crippen LogP contribution in [-0.2, 0) is 20.9 Å². The number of nitrogens with one attached hydrogen (secondary N) is 2. The largest absolute Gasteiger partial charge is 0.496 e. The van der Waals surface area contributed by atoms with E-state index in [1.807, 2.05) is 6.92 Å². The number of hydrogen-bond donors (Lipinski definition) is 2. The highest BCUT2D eigenvalue weighted by Gasteiger charge is 2.23. The number of carbonyl (C=O) groups excluding carboxylic acids is 3. The molecule has 3 amide bonds. The Labute approximate surface area is 171 Å². The summed E-state index contributed by atoms with van der Waals surface area (Å²) in [7, 11) is 1.54. The van der Waals surface area contributed by atoms with Crippen molar-refractivity contribution in [3.8, 4) is 5.75 Å². The molecule has 1 aliphatic carbocycles. The number of urea groups is 1. The molecule has 2 rings (SSSR count). The van der Waals surface area contributed by atoms with Crippen LogP contribution in [0.25, 0.3) is 0 Å². The predicted molar refractivity (Wildman–Crippen MR) is 107 cm³/mol. The Bertz CT molecular complexity index is 715. The summed E-state index contributed by atoms with van der Waals surface area (Å²) < 4.78 is 15.9. The molecule has 0 heterocycles. The molecule has 8 heteroatoms. The maximum absolute atomic E-state index is 12.4.